The van der Waals surface area contributed by atoms with Crippen molar-refractivity contribution in [3.05, 3.63) is 65.2 Å². The van der Waals surface area contributed by atoms with Crippen LogP contribution in [-0.4, -0.2) is 30.1 Å². The van der Waals surface area contributed by atoms with Gasteiger partial charge in [0.15, 0.2) is 0 Å². The number of carbonyl (C=O) groups is 2. The minimum Gasteiger partial charge on any atom is -0.396 e. The first-order chi connectivity index (χ1) is 11.1. The van der Waals surface area contributed by atoms with Crippen LogP contribution in [0.25, 0.3) is 0 Å². The maximum absolute atomic E-state index is 12.1. The Labute approximate surface area is 135 Å². The van der Waals surface area contributed by atoms with Gasteiger partial charge in [-0.25, -0.2) is 0 Å². The van der Waals surface area contributed by atoms with Crippen molar-refractivity contribution in [2.24, 2.45) is 0 Å². The van der Waals surface area contributed by atoms with Crippen LogP contribution in [0, 0.1) is 6.92 Å². The van der Waals surface area contributed by atoms with Crippen LogP contribution < -0.4 is 10.6 Å². The monoisotopic (exact) mass is 312 g/mol. The Balaban J connectivity index is 1.95. The lowest BCUT2D eigenvalue weighted by Gasteiger charge is -2.07. The molecule has 0 radical (unpaired) electrons. The molecule has 3 N–H and O–H groups in total. The number of aliphatic hydroxyl groups excluding tert-OH is 1. The fraction of sp³-hybridized carbons (Fsp3) is 0.222. The van der Waals surface area contributed by atoms with Gasteiger partial charge in [-0.3, -0.25) is 9.59 Å². The predicted octanol–water partition coefficient (Wildman–Crippen LogP) is 2.36. The molecule has 2 amide bonds. The van der Waals surface area contributed by atoms with Crippen LogP contribution in [0.1, 0.15) is 32.7 Å². The van der Waals surface area contributed by atoms with Gasteiger partial charge in [0, 0.05) is 30.0 Å². The van der Waals surface area contributed by atoms with Crippen LogP contribution in [0.3, 0.4) is 0 Å². The van der Waals surface area contributed by atoms with Crippen LogP contribution in [0.15, 0.2) is 48.5 Å². The fourth-order valence-electron chi connectivity index (χ4n) is 2.00. The van der Waals surface area contributed by atoms with Gasteiger partial charge in [0.2, 0.25) is 0 Å². The molecular weight excluding hydrogens is 292 g/mol. The third-order valence-electron chi connectivity index (χ3n) is 3.34. The molecule has 0 spiro atoms. The molecule has 2 aromatic carbocycles. The molecule has 5 nitrogen and oxygen atoms in total. The van der Waals surface area contributed by atoms with Crippen molar-refractivity contribution in [1.29, 1.82) is 0 Å². The van der Waals surface area contributed by atoms with Gasteiger partial charge in [0.1, 0.15) is 0 Å². The number of anilines is 1. The molecule has 0 aliphatic rings. The number of aryl methyl sites for hydroxylation is 1. The summed E-state index contributed by atoms with van der Waals surface area (Å²) in [7, 11) is 0. The van der Waals surface area contributed by atoms with Crippen LogP contribution in [0.4, 0.5) is 5.69 Å². The van der Waals surface area contributed by atoms with E-state index in [0.717, 1.165) is 5.56 Å². The highest BCUT2D eigenvalue weighted by molar-refractivity contribution is 6.04. The van der Waals surface area contributed by atoms with E-state index in [1.54, 1.807) is 36.4 Å². The quantitative estimate of drug-likeness (QED) is 0.717. The summed E-state index contributed by atoms with van der Waals surface area (Å²) < 4.78 is 0. The van der Waals surface area contributed by atoms with E-state index in [0.29, 0.717) is 29.8 Å². The predicted molar refractivity (Wildman–Crippen MR) is 89.6 cm³/mol. The molecule has 0 fully saturated rings. The van der Waals surface area contributed by atoms with Gasteiger partial charge in [-0.1, -0.05) is 17.7 Å². The van der Waals surface area contributed by atoms with Crippen LogP contribution in [0.5, 0.6) is 0 Å². The molecule has 0 heterocycles. The SMILES string of the molecule is Cc1ccc(C(=O)Nc2ccc(C(=O)NCCCO)cc2)cc1. The summed E-state index contributed by atoms with van der Waals surface area (Å²) in [5.74, 6) is -0.389. The van der Waals surface area contributed by atoms with Gasteiger partial charge in [0.05, 0.1) is 0 Å². The molecule has 5 heteroatoms. The van der Waals surface area contributed by atoms with Gasteiger partial charge < -0.3 is 15.7 Å². The first-order valence-electron chi connectivity index (χ1n) is 7.47. The van der Waals surface area contributed by atoms with E-state index in [2.05, 4.69) is 10.6 Å². The molecule has 0 unspecified atom stereocenters. The minimum absolute atomic E-state index is 0.0459. The average Bonchev–Trinajstić information content (AvgIpc) is 2.56. The minimum atomic E-state index is -0.199. The number of benzene rings is 2. The first kappa shape index (κ1) is 16.7. The standard InChI is InChI=1S/C18H20N2O3/c1-13-3-5-15(6-4-13)18(23)20-16-9-7-14(8-10-16)17(22)19-11-2-12-21/h3-10,21H,2,11-12H2,1H3,(H,19,22)(H,20,23). The number of aliphatic hydroxyl groups is 1. The fourth-order valence-corrected chi connectivity index (χ4v) is 2.00. The van der Waals surface area contributed by atoms with Crippen molar-refractivity contribution >= 4 is 17.5 Å². The van der Waals surface area contributed by atoms with Crippen molar-refractivity contribution in [1.82, 2.24) is 5.32 Å². The number of nitrogens with one attached hydrogen (secondary N) is 2. The molecule has 120 valence electrons. The highest BCUT2D eigenvalue weighted by Crippen LogP contribution is 2.12. The molecule has 0 aromatic heterocycles. The third-order valence-corrected chi connectivity index (χ3v) is 3.34. The van der Waals surface area contributed by atoms with Crippen LogP contribution in [0.2, 0.25) is 0 Å². The van der Waals surface area contributed by atoms with Gasteiger partial charge >= 0.3 is 0 Å². The summed E-state index contributed by atoms with van der Waals surface area (Å²) in [5.41, 5.74) is 2.82. The Hall–Kier alpha value is -2.66. The zero-order valence-corrected chi connectivity index (χ0v) is 13.0. The molecular formula is C18H20N2O3. The zero-order valence-electron chi connectivity index (χ0n) is 13.0. The highest BCUT2D eigenvalue weighted by Gasteiger charge is 2.07. The second-order valence-corrected chi connectivity index (χ2v) is 5.23. The van der Waals surface area contributed by atoms with Gasteiger partial charge in [-0.15, -0.1) is 0 Å². The second-order valence-electron chi connectivity index (χ2n) is 5.23. The van der Waals surface area contributed by atoms with Crippen molar-refractivity contribution < 1.29 is 14.7 Å². The Bertz CT molecular complexity index is 664. The van der Waals surface area contributed by atoms with E-state index >= 15 is 0 Å². The van der Waals surface area contributed by atoms with E-state index in [9.17, 15) is 9.59 Å². The molecule has 2 aromatic rings. The Kier molecular flexibility index (Phi) is 5.88. The van der Waals surface area contributed by atoms with E-state index < -0.39 is 0 Å². The van der Waals surface area contributed by atoms with Crippen molar-refractivity contribution in [2.45, 2.75) is 13.3 Å². The Morgan fingerprint density at radius 2 is 1.48 bits per heavy atom. The van der Waals surface area contributed by atoms with Gasteiger partial charge in [-0.05, 0) is 49.7 Å². The Morgan fingerprint density at radius 1 is 0.913 bits per heavy atom. The molecule has 0 aliphatic heterocycles. The lowest BCUT2D eigenvalue weighted by molar-refractivity contribution is 0.0950. The van der Waals surface area contributed by atoms with E-state index in [4.69, 9.17) is 5.11 Å². The second kappa shape index (κ2) is 8.10. The van der Waals surface area contributed by atoms with Crippen molar-refractivity contribution in [3.8, 4) is 0 Å². The van der Waals surface area contributed by atoms with Crippen molar-refractivity contribution in [3.63, 3.8) is 0 Å². The van der Waals surface area contributed by atoms with E-state index in [1.807, 2.05) is 19.1 Å². The molecule has 0 saturated carbocycles. The third kappa shape index (κ3) is 4.93. The number of rotatable bonds is 6. The maximum Gasteiger partial charge on any atom is 0.255 e. The molecule has 0 aliphatic carbocycles. The summed E-state index contributed by atoms with van der Waals surface area (Å²) in [5, 5.41) is 14.2. The largest absolute Gasteiger partial charge is 0.396 e. The number of carbonyl (C=O) groups excluding carboxylic acids is 2. The topological polar surface area (TPSA) is 78.4 Å². The van der Waals surface area contributed by atoms with E-state index in [1.165, 1.54) is 0 Å². The van der Waals surface area contributed by atoms with Crippen LogP contribution >= 0.6 is 0 Å². The van der Waals surface area contributed by atoms with Crippen LogP contribution in [-0.2, 0) is 0 Å². The summed E-state index contributed by atoms with van der Waals surface area (Å²) in [6.07, 6.45) is 0.524. The smallest absolute Gasteiger partial charge is 0.255 e. The highest BCUT2D eigenvalue weighted by atomic mass is 16.3. The van der Waals surface area contributed by atoms with Gasteiger partial charge in [-0.2, -0.15) is 0 Å². The zero-order chi connectivity index (χ0) is 16.7. The lowest BCUT2D eigenvalue weighted by Crippen LogP contribution is -2.25. The number of amides is 2. The summed E-state index contributed by atoms with van der Waals surface area (Å²) in [4.78, 5) is 23.9. The average molecular weight is 312 g/mol. The maximum atomic E-state index is 12.1. The normalized spacial score (nSPS) is 10.2. The van der Waals surface area contributed by atoms with Crippen molar-refractivity contribution in [2.75, 3.05) is 18.5 Å². The lowest BCUT2D eigenvalue weighted by atomic mass is 10.1. The van der Waals surface area contributed by atoms with Gasteiger partial charge in [0.25, 0.3) is 11.8 Å². The first-order valence-corrected chi connectivity index (χ1v) is 7.47. The summed E-state index contributed by atoms with van der Waals surface area (Å²) in [6.45, 7) is 2.44. The summed E-state index contributed by atoms with van der Waals surface area (Å²) in [6, 6.07) is 14.0. The summed E-state index contributed by atoms with van der Waals surface area (Å²) >= 11 is 0. The molecule has 0 bridgehead atoms. The van der Waals surface area contributed by atoms with E-state index in [-0.39, 0.29) is 18.4 Å². The molecule has 23 heavy (non-hydrogen) atoms. The molecule has 0 saturated heterocycles. The number of hydrogen-bond acceptors (Lipinski definition) is 3. The number of hydrogen-bond donors (Lipinski definition) is 3. The Morgan fingerprint density at radius 3 is 2.09 bits per heavy atom. The molecule has 0 atom stereocenters. The molecule has 2 rings (SSSR count).